The van der Waals surface area contributed by atoms with Gasteiger partial charge in [0.15, 0.2) is 0 Å². The van der Waals surface area contributed by atoms with Crippen molar-refractivity contribution in [2.24, 2.45) is 0 Å². The van der Waals surface area contributed by atoms with Crippen molar-refractivity contribution in [1.29, 1.82) is 0 Å². The Bertz CT molecular complexity index is 211. The van der Waals surface area contributed by atoms with Crippen LogP contribution in [0.1, 0.15) is 13.3 Å². The van der Waals surface area contributed by atoms with Crippen molar-refractivity contribution in [3.8, 4) is 0 Å². The molecule has 0 spiro atoms. The number of ether oxygens (including phenoxy) is 2. The fourth-order valence-electron chi connectivity index (χ4n) is 1.70. The van der Waals surface area contributed by atoms with E-state index in [0.29, 0.717) is 25.9 Å². The Hall–Kier alpha value is -0.360. The summed E-state index contributed by atoms with van der Waals surface area (Å²) < 4.78 is 10.4. The molecule has 1 saturated heterocycles. The fraction of sp³-hybridized carbons (Fsp3) is 0.909. The number of carbonyl (C=O) groups excluding carboxylic acids is 1. The summed E-state index contributed by atoms with van der Waals surface area (Å²) in [6.45, 7) is 5.69. The summed E-state index contributed by atoms with van der Waals surface area (Å²) in [6, 6.07) is 0.322. The lowest BCUT2D eigenvalue weighted by Crippen LogP contribution is -2.40. The lowest BCUT2D eigenvalue weighted by molar-refractivity contribution is -0.137. The van der Waals surface area contributed by atoms with Gasteiger partial charge in [0, 0.05) is 26.2 Å². The Morgan fingerprint density at radius 1 is 1.41 bits per heavy atom. The summed E-state index contributed by atoms with van der Waals surface area (Å²) in [5.41, 5.74) is 0. The molecule has 1 N–H and O–H groups in total. The first-order chi connectivity index (χ1) is 7.75. The zero-order valence-electron chi connectivity index (χ0n) is 10.6. The van der Waals surface area contributed by atoms with Crippen molar-refractivity contribution in [2.75, 3.05) is 46.6 Å². The van der Waals surface area contributed by atoms with Gasteiger partial charge in [-0.3, -0.25) is 4.79 Å². The minimum atomic E-state index is 0. The van der Waals surface area contributed by atoms with Crippen LogP contribution in [-0.4, -0.2) is 63.4 Å². The summed E-state index contributed by atoms with van der Waals surface area (Å²) in [5.74, 6) is 0.0465. The average Bonchev–Trinajstić information content (AvgIpc) is 2.81. The van der Waals surface area contributed by atoms with Gasteiger partial charge in [0.05, 0.1) is 13.2 Å². The maximum absolute atomic E-state index is 11.7. The highest BCUT2D eigenvalue weighted by molar-refractivity contribution is 5.85. The van der Waals surface area contributed by atoms with Crippen molar-refractivity contribution in [2.45, 2.75) is 19.4 Å². The first-order valence-corrected chi connectivity index (χ1v) is 5.87. The number of halogens is 1. The maximum atomic E-state index is 11.7. The normalized spacial score (nSPS) is 18.8. The minimum Gasteiger partial charge on any atom is -0.379 e. The van der Waals surface area contributed by atoms with Gasteiger partial charge in [-0.2, -0.15) is 0 Å². The van der Waals surface area contributed by atoms with Gasteiger partial charge in [0.1, 0.15) is 6.61 Å². The van der Waals surface area contributed by atoms with E-state index in [1.165, 1.54) is 0 Å². The van der Waals surface area contributed by atoms with Crippen LogP contribution in [0.4, 0.5) is 0 Å². The number of rotatable bonds is 7. The van der Waals surface area contributed by atoms with Crippen LogP contribution >= 0.6 is 12.4 Å². The van der Waals surface area contributed by atoms with E-state index in [-0.39, 0.29) is 24.9 Å². The molecule has 6 heteroatoms. The number of carbonyl (C=O) groups is 1. The van der Waals surface area contributed by atoms with E-state index in [2.05, 4.69) is 5.32 Å². The number of nitrogens with one attached hydrogen (secondary N) is 1. The van der Waals surface area contributed by atoms with Crippen molar-refractivity contribution in [1.82, 2.24) is 10.2 Å². The molecule has 0 aliphatic carbocycles. The number of amides is 1. The summed E-state index contributed by atoms with van der Waals surface area (Å²) >= 11 is 0. The molecule has 17 heavy (non-hydrogen) atoms. The van der Waals surface area contributed by atoms with Crippen molar-refractivity contribution in [3.63, 3.8) is 0 Å². The second-order valence-electron chi connectivity index (χ2n) is 3.90. The molecule has 0 radical (unpaired) electrons. The number of likely N-dealkylation sites (N-methyl/N-ethyl adjacent to an activating group) is 1. The molecule has 0 bridgehead atoms. The summed E-state index contributed by atoms with van der Waals surface area (Å²) in [7, 11) is 1.84. The van der Waals surface area contributed by atoms with Gasteiger partial charge in [-0.05, 0) is 19.9 Å². The van der Waals surface area contributed by atoms with Crippen LogP contribution in [0.15, 0.2) is 0 Å². The number of nitrogens with zero attached hydrogens (tertiary/aromatic N) is 1. The highest BCUT2D eigenvalue weighted by atomic mass is 35.5. The van der Waals surface area contributed by atoms with E-state index >= 15 is 0 Å². The van der Waals surface area contributed by atoms with E-state index in [1.807, 2.05) is 14.0 Å². The van der Waals surface area contributed by atoms with Gasteiger partial charge < -0.3 is 19.7 Å². The summed E-state index contributed by atoms with van der Waals surface area (Å²) in [6.07, 6.45) is 1.03. The lowest BCUT2D eigenvalue weighted by atomic mass is 10.2. The lowest BCUT2D eigenvalue weighted by Gasteiger charge is -2.23. The third-order valence-electron chi connectivity index (χ3n) is 2.78. The first kappa shape index (κ1) is 16.6. The second-order valence-corrected chi connectivity index (χ2v) is 3.90. The highest BCUT2D eigenvalue weighted by Crippen LogP contribution is 2.06. The van der Waals surface area contributed by atoms with Gasteiger partial charge in [0.2, 0.25) is 5.91 Å². The Balaban J connectivity index is 0.00000256. The molecule has 1 atom stereocenters. The van der Waals surface area contributed by atoms with Gasteiger partial charge in [-0.15, -0.1) is 12.4 Å². The van der Waals surface area contributed by atoms with Crippen LogP contribution in [0.2, 0.25) is 0 Å². The Morgan fingerprint density at radius 2 is 2.12 bits per heavy atom. The van der Waals surface area contributed by atoms with Gasteiger partial charge in [-0.1, -0.05) is 0 Å². The van der Waals surface area contributed by atoms with Gasteiger partial charge in [0.25, 0.3) is 0 Å². The van der Waals surface area contributed by atoms with Crippen molar-refractivity contribution < 1.29 is 14.3 Å². The topological polar surface area (TPSA) is 50.8 Å². The molecular weight excluding hydrogens is 244 g/mol. The van der Waals surface area contributed by atoms with Gasteiger partial charge >= 0.3 is 0 Å². The third kappa shape index (κ3) is 6.21. The number of hydrogen-bond acceptors (Lipinski definition) is 4. The van der Waals surface area contributed by atoms with Crippen LogP contribution in [0, 0.1) is 0 Å². The molecule has 1 fully saturated rings. The summed E-state index contributed by atoms with van der Waals surface area (Å²) in [4.78, 5) is 13.5. The van der Waals surface area contributed by atoms with E-state index in [0.717, 1.165) is 19.5 Å². The van der Waals surface area contributed by atoms with Crippen LogP contribution in [0.3, 0.4) is 0 Å². The molecular formula is C11H23ClN2O3. The SMILES string of the molecule is CCOCCOCC(=O)N(C)C1CCNC1.Cl. The quantitative estimate of drug-likeness (QED) is 0.673. The zero-order valence-corrected chi connectivity index (χ0v) is 11.4. The standard InChI is InChI=1S/C11H22N2O3.ClH/c1-3-15-6-7-16-9-11(14)13(2)10-4-5-12-8-10;/h10,12H,3-9H2,1-2H3;1H. The summed E-state index contributed by atoms with van der Waals surface area (Å²) in [5, 5.41) is 3.24. The molecule has 1 rings (SSSR count). The molecule has 0 aromatic heterocycles. The molecule has 1 aliphatic heterocycles. The largest absolute Gasteiger partial charge is 0.379 e. The molecule has 102 valence electrons. The Kier molecular flexibility index (Phi) is 9.44. The molecule has 1 unspecified atom stereocenters. The molecule has 1 aliphatic rings. The van der Waals surface area contributed by atoms with E-state index in [9.17, 15) is 4.79 Å². The maximum Gasteiger partial charge on any atom is 0.248 e. The predicted molar refractivity (Wildman–Crippen MR) is 68.6 cm³/mol. The van der Waals surface area contributed by atoms with Crippen LogP contribution in [0.25, 0.3) is 0 Å². The molecule has 0 aromatic carbocycles. The predicted octanol–water partition coefficient (Wildman–Crippen LogP) is 0.282. The minimum absolute atomic E-state index is 0. The first-order valence-electron chi connectivity index (χ1n) is 5.87. The van der Waals surface area contributed by atoms with Crippen molar-refractivity contribution in [3.05, 3.63) is 0 Å². The van der Waals surface area contributed by atoms with Crippen LogP contribution < -0.4 is 5.32 Å². The smallest absolute Gasteiger partial charge is 0.248 e. The van der Waals surface area contributed by atoms with E-state index in [4.69, 9.17) is 9.47 Å². The highest BCUT2D eigenvalue weighted by Gasteiger charge is 2.22. The van der Waals surface area contributed by atoms with Gasteiger partial charge in [-0.25, -0.2) is 0 Å². The molecule has 0 saturated carbocycles. The molecule has 1 amide bonds. The molecule has 5 nitrogen and oxygen atoms in total. The Morgan fingerprint density at radius 3 is 2.71 bits per heavy atom. The third-order valence-corrected chi connectivity index (χ3v) is 2.78. The Labute approximate surface area is 109 Å². The fourth-order valence-corrected chi connectivity index (χ4v) is 1.70. The van der Waals surface area contributed by atoms with E-state index < -0.39 is 0 Å². The van der Waals surface area contributed by atoms with Crippen LogP contribution in [-0.2, 0) is 14.3 Å². The molecule has 1 heterocycles. The zero-order chi connectivity index (χ0) is 11.8. The second kappa shape index (κ2) is 9.65. The van der Waals surface area contributed by atoms with E-state index in [1.54, 1.807) is 4.90 Å². The number of hydrogen-bond donors (Lipinski definition) is 1. The molecule has 0 aromatic rings. The van der Waals surface area contributed by atoms with Crippen LogP contribution in [0.5, 0.6) is 0 Å². The monoisotopic (exact) mass is 266 g/mol. The average molecular weight is 267 g/mol. The van der Waals surface area contributed by atoms with Crippen molar-refractivity contribution >= 4 is 18.3 Å².